The van der Waals surface area contributed by atoms with Crippen LogP contribution in [0.4, 0.5) is 16.2 Å². The SMILES string of the molecule is COc1cccc(N(C(N)=O)c2ccc3sc(C)c(CCN(C)CCc4ccncc4)c3c2)c1.O=C(O)CC(=O)O. The maximum absolute atomic E-state index is 12.4. The molecule has 0 aliphatic rings. The van der Waals surface area contributed by atoms with Crippen molar-refractivity contribution < 1.29 is 29.3 Å². The highest BCUT2D eigenvalue weighted by Gasteiger charge is 2.18. The number of urea groups is 1. The molecule has 10 nitrogen and oxygen atoms in total. The molecule has 2 amide bonds. The summed E-state index contributed by atoms with van der Waals surface area (Å²) in [6, 6.07) is 17.1. The van der Waals surface area contributed by atoms with Crippen molar-refractivity contribution in [2.24, 2.45) is 5.73 Å². The number of amides is 2. The van der Waals surface area contributed by atoms with Crippen LogP contribution in [-0.4, -0.2) is 65.3 Å². The number of aliphatic carboxylic acids is 2. The van der Waals surface area contributed by atoms with Crippen LogP contribution in [0.2, 0.25) is 0 Å². The van der Waals surface area contributed by atoms with Crippen molar-refractivity contribution >= 4 is 50.8 Å². The Kier molecular flexibility index (Phi) is 11.2. The number of rotatable bonds is 11. The van der Waals surface area contributed by atoms with Gasteiger partial charge in [0.15, 0.2) is 0 Å². The van der Waals surface area contributed by atoms with Gasteiger partial charge in [-0.15, -0.1) is 11.3 Å². The van der Waals surface area contributed by atoms with Gasteiger partial charge in [0.25, 0.3) is 0 Å². The van der Waals surface area contributed by atoms with E-state index in [0.29, 0.717) is 11.4 Å². The number of ether oxygens (including phenoxy) is 1. The van der Waals surface area contributed by atoms with Gasteiger partial charge in [0, 0.05) is 41.1 Å². The minimum absolute atomic E-state index is 0.531. The summed E-state index contributed by atoms with van der Waals surface area (Å²) < 4.78 is 6.54. The quantitative estimate of drug-likeness (QED) is 0.209. The summed E-state index contributed by atoms with van der Waals surface area (Å²) in [5.41, 5.74) is 9.85. The van der Waals surface area contributed by atoms with E-state index in [1.807, 2.05) is 42.7 Å². The Labute approximate surface area is 242 Å². The number of likely N-dealkylation sites (N-methyl/N-ethyl adjacent to an activating group) is 1. The molecule has 0 radical (unpaired) electrons. The van der Waals surface area contributed by atoms with Crippen molar-refractivity contribution in [3.63, 3.8) is 0 Å². The predicted molar refractivity (Wildman–Crippen MR) is 160 cm³/mol. The summed E-state index contributed by atoms with van der Waals surface area (Å²) in [7, 11) is 3.77. The van der Waals surface area contributed by atoms with Crippen molar-refractivity contribution in [1.82, 2.24) is 9.88 Å². The molecule has 2 heterocycles. The third-order valence-corrected chi connectivity index (χ3v) is 7.47. The maximum Gasteiger partial charge on any atom is 0.323 e. The summed E-state index contributed by atoms with van der Waals surface area (Å²) in [5, 5.41) is 16.6. The smallest absolute Gasteiger partial charge is 0.323 e. The molecule has 0 bridgehead atoms. The Morgan fingerprint density at radius 1 is 0.951 bits per heavy atom. The van der Waals surface area contributed by atoms with Crippen LogP contribution in [0.25, 0.3) is 10.1 Å². The third-order valence-electron chi connectivity index (χ3n) is 6.34. The van der Waals surface area contributed by atoms with Gasteiger partial charge < -0.3 is 25.6 Å². The zero-order valence-electron chi connectivity index (χ0n) is 23.2. The molecule has 0 fully saturated rings. The van der Waals surface area contributed by atoms with Gasteiger partial charge in [-0.3, -0.25) is 19.5 Å². The van der Waals surface area contributed by atoms with E-state index in [1.54, 1.807) is 18.4 Å². The second kappa shape index (κ2) is 14.8. The monoisotopic (exact) mass is 578 g/mol. The molecule has 0 saturated carbocycles. The zero-order valence-corrected chi connectivity index (χ0v) is 24.1. The molecule has 0 aliphatic carbocycles. The molecule has 0 aliphatic heterocycles. The first-order chi connectivity index (χ1) is 19.6. The number of nitrogens with zero attached hydrogens (tertiary/aromatic N) is 3. The van der Waals surface area contributed by atoms with Crippen molar-refractivity contribution in [3.8, 4) is 5.75 Å². The lowest BCUT2D eigenvalue weighted by Crippen LogP contribution is -2.31. The van der Waals surface area contributed by atoms with Crippen LogP contribution >= 0.6 is 11.3 Å². The lowest BCUT2D eigenvalue weighted by molar-refractivity contribution is -0.147. The number of hydrogen-bond acceptors (Lipinski definition) is 7. The number of thiophene rings is 1. The van der Waals surface area contributed by atoms with Crippen molar-refractivity contribution in [2.45, 2.75) is 26.2 Å². The Morgan fingerprint density at radius 3 is 2.22 bits per heavy atom. The average Bonchev–Trinajstić information content (AvgIpc) is 3.25. The lowest BCUT2D eigenvalue weighted by Gasteiger charge is -2.21. The number of nitrogens with two attached hydrogens (primary N) is 1. The molecule has 216 valence electrons. The van der Waals surface area contributed by atoms with Crippen molar-refractivity contribution in [1.29, 1.82) is 0 Å². The average molecular weight is 579 g/mol. The number of fused-ring (bicyclic) bond motifs is 1. The molecule has 41 heavy (non-hydrogen) atoms. The summed E-state index contributed by atoms with van der Waals surface area (Å²) in [6.07, 6.45) is 4.82. The van der Waals surface area contributed by atoms with Crippen LogP contribution < -0.4 is 15.4 Å². The Balaban J connectivity index is 0.000000587. The number of anilines is 2. The number of primary amides is 1. The van der Waals surface area contributed by atoms with E-state index >= 15 is 0 Å². The fraction of sp³-hybridized carbons (Fsp3) is 0.267. The predicted octanol–water partition coefficient (Wildman–Crippen LogP) is 5.09. The van der Waals surface area contributed by atoms with Gasteiger partial charge >= 0.3 is 18.0 Å². The topological polar surface area (TPSA) is 146 Å². The fourth-order valence-corrected chi connectivity index (χ4v) is 5.37. The minimum atomic E-state index is -1.31. The van der Waals surface area contributed by atoms with E-state index in [0.717, 1.165) is 31.6 Å². The number of carboxylic acids is 2. The first-order valence-electron chi connectivity index (χ1n) is 12.9. The van der Waals surface area contributed by atoms with E-state index in [2.05, 4.69) is 48.1 Å². The van der Waals surface area contributed by atoms with Crippen molar-refractivity contribution in [2.75, 3.05) is 32.1 Å². The van der Waals surface area contributed by atoms with Crippen LogP contribution in [0.15, 0.2) is 67.0 Å². The van der Waals surface area contributed by atoms with E-state index in [4.69, 9.17) is 20.7 Å². The number of aromatic nitrogens is 1. The largest absolute Gasteiger partial charge is 0.497 e. The van der Waals surface area contributed by atoms with Crippen LogP contribution in [0.1, 0.15) is 22.4 Å². The highest BCUT2D eigenvalue weighted by atomic mass is 32.1. The van der Waals surface area contributed by atoms with Crippen LogP contribution in [0.3, 0.4) is 0 Å². The zero-order chi connectivity index (χ0) is 29.9. The molecule has 0 atom stereocenters. The first kappa shape index (κ1) is 31.1. The van der Waals surface area contributed by atoms with E-state index in [9.17, 15) is 14.4 Å². The number of carboxylic acid groups (broad SMARTS) is 2. The Bertz CT molecular complexity index is 1480. The lowest BCUT2D eigenvalue weighted by atomic mass is 10.1. The first-order valence-corrected chi connectivity index (χ1v) is 13.7. The highest BCUT2D eigenvalue weighted by Crippen LogP contribution is 2.36. The normalized spacial score (nSPS) is 10.6. The van der Waals surface area contributed by atoms with Gasteiger partial charge in [0.05, 0.1) is 18.5 Å². The van der Waals surface area contributed by atoms with Gasteiger partial charge in [-0.2, -0.15) is 0 Å². The summed E-state index contributed by atoms with van der Waals surface area (Å²) in [4.78, 5) is 40.6. The number of methoxy groups -OCH3 is 1. The van der Waals surface area contributed by atoms with E-state index in [-0.39, 0.29) is 0 Å². The number of benzene rings is 2. The second-order valence-electron chi connectivity index (χ2n) is 9.32. The molecule has 2 aromatic carbocycles. The number of aryl methyl sites for hydroxylation is 1. The van der Waals surface area contributed by atoms with E-state index < -0.39 is 24.4 Å². The molecule has 0 unspecified atom stereocenters. The number of pyridine rings is 1. The molecule has 0 spiro atoms. The van der Waals surface area contributed by atoms with E-state index in [1.165, 1.54) is 31.0 Å². The molecule has 4 N–H and O–H groups in total. The summed E-state index contributed by atoms with van der Waals surface area (Å²) in [5.74, 6) is -1.95. The standard InChI is InChI=1S/C27H30N4O2S.C3H4O4/c1-19-24(12-16-30(2)15-11-20-9-13-29-14-10-20)25-18-22(7-8-26(25)34-19)31(27(28)32)21-5-4-6-23(17-21)33-3;4-2(5)1-3(6)7/h4-10,13-14,17-18H,11-12,15-16H2,1-3H3,(H2,28,32);1H2,(H,4,5)(H,6,7). The number of carbonyl (C=O) groups excluding carboxylic acids is 1. The van der Waals surface area contributed by atoms with Crippen LogP contribution in [-0.2, 0) is 22.4 Å². The Hall–Kier alpha value is -4.48. The Morgan fingerprint density at radius 2 is 1.61 bits per heavy atom. The molecule has 0 saturated heterocycles. The molecule has 4 aromatic rings. The maximum atomic E-state index is 12.4. The number of carbonyl (C=O) groups is 3. The van der Waals surface area contributed by atoms with Gasteiger partial charge in [0.2, 0.25) is 0 Å². The summed E-state index contributed by atoms with van der Waals surface area (Å²) in [6.45, 7) is 4.11. The van der Waals surface area contributed by atoms with Gasteiger partial charge in [-0.1, -0.05) is 6.07 Å². The molecule has 11 heteroatoms. The molecule has 2 aromatic heterocycles. The van der Waals surface area contributed by atoms with Crippen LogP contribution in [0.5, 0.6) is 5.75 Å². The second-order valence-corrected chi connectivity index (χ2v) is 10.6. The highest BCUT2D eigenvalue weighted by molar-refractivity contribution is 7.19. The molecule has 4 rings (SSSR count). The van der Waals surface area contributed by atoms with Crippen molar-refractivity contribution in [3.05, 3.63) is 83.0 Å². The number of hydrogen-bond donors (Lipinski definition) is 3. The van der Waals surface area contributed by atoms with Crippen LogP contribution in [0, 0.1) is 6.92 Å². The fourth-order valence-electron chi connectivity index (χ4n) is 4.28. The molecular formula is C30H34N4O6S. The van der Waals surface area contributed by atoms with Gasteiger partial charge in [-0.05, 0) is 85.8 Å². The molecular weight excluding hydrogens is 544 g/mol. The third kappa shape index (κ3) is 9.02. The van der Waals surface area contributed by atoms with Gasteiger partial charge in [0.1, 0.15) is 12.2 Å². The minimum Gasteiger partial charge on any atom is -0.497 e. The summed E-state index contributed by atoms with van der Waals surface area (Å²) >= 11 is 1.79. The van der Waals surface area contributed by atoms with Gasteiger partial charge in [-0.25, -0.2) is 4.79 Å².